The van der Waals surface area contributed by atoms with E-state index in [9.17, 15) is 9.90 Å². The molecule has 0 spiro atoms. The Labute approximate surface area is 79.0 Å². The number of carbonyl (C=O) groups excluding carboxylic acids is 1. The van der Waals surface area contributed by atoms with Crippen molar-refractivity contribution in [3.8, 4) is 0 Å². The van der Waals surface area contributed by atoms with Gasteiger partial charge in [0.05, 0.1) is 12.7 Å². The molecule has 14 heavy (non-hydrogen) atoms. The third kappa shape index (κ3) is 3.29. The molecule has 0 radical (unpaired) electrons. The minimum Gasteiger partial charge on any atom is -0.394 e. The second kappa shape index (κ2) is 6.30. The third-order valence-electron chi connectivity index (χ3n) is 1.61. The molecule has 4 atom stereocenters. The maximum absolute atomic E-state index is 10.3. The van der Waals surface area contributed by atoms with E-state index in [1.807, 2.05) is 0 Å². The molecule has 8 nitrogen and oxygen atoms in total. The van der Waals surface area contributed by atoms with Gasteiger partial charge in [-0.25, -0.2) is 0 Å². The Morgan fingerprint density at radius 3 is 2.29 bits per heavy atom. The minimum atomic E-state index is -1.75. The first-order chi connectivity index (χ1) is 6.58. The number of rotatable bonds is 6. The summed E-state index contributed by atoms with van der Waals surface area (Å²) in [4.78, 5) is 12.5. The van der Waals surface area contributed by atoms with Gasteiger partial charge in [0, 0.05) is 4.91 Å². The fraction of sp³-hybridized carbons (Fsp3) is 0.833. The highest BCUT2D eigenvalue weighted by molar-refractivity contribution is 5.59. The molecule has 0 rings (SSSR count). The summed E-state index contributed by atoms with van der Waals surface area (Å²) in [6.45, 7) is -0.778. The lowest BCUT2D eigenvalue weighted by Gasteiger charge is -2.22. The molecule has 0 bridgehead atoms. The van der Waals surface area contributed by atoms with Crippen LogP contribution in [0.25, 0.3) is 10.4 Å². The maximum Gasteiger partial charge on any atom is 0.131 e. The zero-order valence-electron chi connectivity index (χ0n) is 7.13. The van der Waals surface area contributed by atoms with Crippen LogP contribution >= 0.6 is 0 Å². The van der Waals surface area contributed by atoms with E-state index in [0.717, 1.165) is 0 Å². The second-order valence-corrected chi connectivity index (χ2v) is 2.56. The summed E-state index contributed by atoms with van der Waals surface area (Å²) in [6.07, 6.45) is -4.95. The van der Waals surface area contributed by atoms with Crippen LogP contribution in [0, 0.1) is 0 Å². The lowest BCUT2D eigenvalue weighted by molar-refractivity contribution is -0.118. The van der Waals surface area contributed by atoms with Gasteiger partial charge >= 0.3 is 0 Å². The van der Waals surface area contributed by atoms with Gasteiger partial charge in [0.15, 0.2) is 0 Å². The van der Waals surface area contributed by atoms with Crippen LogP contribution in [0.1, 0.15) is 0 Å². The first kappa shape index (κ1) is 12.8. The van der Waals surface area contributed by atoms with E-state index in [0.29, 0.717) is 0 Å². The standard InChI is InChI=1S/C6H11N3O5/c7-9-8-3(1-10)5(13)6(14)4(12)2-11/h1,3-6,11-14H,2H2/t3-,4-,5-,6-/m0/s1. The molecule has 8 heteroatoms. The summed E-state index contributed by atoms with van der Waals surface area (Å²) >= 11 is 0. The molecule has 0 aliphatic heterocycles. The molecule has 0 unspecified atom stereocenters. The van der Waals surface area contributed by atoms with Crippen molar-refractivity contribution in [1.29, 1.82) is 0 Å². The van der Waals surface area contributed by atoms with Crippen molar-refractivity contribution in [2.24, 2.45) is 5.11 Å². The molecule has 0 aromatic carbocycles. The van der Waals surface area contributed by atoms with Gasteiger partial charge in [0.1, 0.15) is 24.5 Å². The lowest BCUT2D eigenvalue weighted by atomic mass is 10.0. The quantitative estimate of drug-likeness (QED) is 0.170. The molecule has 0 aromatic rings. The molecule has 0 aromatic heterocycles. The Bertz CT molecular complexity index is 230. The molecule has 80 valence electrons. The molecule has 4 N–H and O–H groups in total. The number of nitrogens with zero attached hydrogens (tertiary/aromatic N) is 3. The number of hydrogen-bond donors (Lipinski definition) is 4. The Morgan fingerprint density at radius 1 is 1.36 bits per heavy atom. The molecule has 0 fully saturated rings. The highest BCUT2D eigenvalue weighted by atomic mass is 16.4. The fourth-order valence-electron chi connectivity index (χ4n) is 0.773. The fourth-order valence-corrected chi connectivity index (χ4v) is 0.773. The van der Waals surface area contributed by atoms with E-state index in [-0.39, 0.29) is 6.29 Å². The van der Waals surface area contributed by atoms with Crippen LogP contribution in [0.5, 0.6) is 0 Å². The Balaban J connectivity index is 4.47. The number of azide groups is 1. The summed E-state index contributed by atoms with van der Waals surface area (Å²) in [5.41, 5.74) is 7.99. The van der Waals surface area contributed by atoms with Crippen molar-refractivity contribution in [3.63, 3.8) is 0 Å². The van der Waals surface area contributed by atoms with Gasteiger partial charge in [-0.1, -0.05) is 5.11 Å². The minimum absolute atomic E-state index is 0.137. The van der Waals surface area contributed by atoms with Crippen molar-refractivity contribution < 1.29 is 25.2 Å². The van der Waals surface area contributed by atoms with Crippen LogP contribution in [0.15, 0.2) is 5.11 Å². The first-order valence-electron chi connectivity index (χ1n) is 3.73. The number of carbonyl (C=O) groups is 1. The zero-order valence-corrected chi connectivity index (χ0v) is 7.13. The molecule has 0 aliphatic rings. The molecule has 0 saturated heterocycles. The monoisotopic (exact) mass is 205 g/mol. The molecule has 0 saturated carbocycles. The van der Waals surface area contributed by atoms with Crippen LogP contribution in [0.2, 0.25) is 0 Å². The van der Waals surface area contributed by atoms with Crippen molar-refractivity contribution in [2.45, 2.75) is 24.4 Å². The van der Waals surface area contributed by atoms with Gasteiger partial charge in [0.2, 0.25) is 0 Å². The van der Waals surface area contributed by atoms with Gasteiger partial charge in [0.25, 0.3) is 0 Å². The van der Waals surface area contributed by atoms with Gasteiger partial charge in [-0.2, -0.15) is 0 Å². The first-order valence-corrected chi connectivity index (χ1v) is 3.73. The molecule has 0 amide bonds. The Kier molecular flexibility index (Phi) is 5.77. The summed E-state index contributed by atoms with van der Waals surface area (Å²) in [6, 6.07) is -1.49. The lowest BCUT2D eigenvalue weighted by Crippen LogP contribution is -2.45. The van der Waals surface area contributed by atoms with Crippen molar-refractivity contribution in [2.75, 3.05) is 6.61 Å². The van der Waals surface area contributed by atoms with Crippen molar-refractivity contribution >= 4 is 6.29 Å². The van der Waals surface area contributed by atoms with Gasteiger partial charge < -0.3 is 25.2 Å². The molecule has 0 heterocycles. The van der Waals surface area contributed by atoms with E-state index >= 15 is 0 Å². The van der Waals surface area contributed by atoms with Gasteiger partial charge in [-0.05, 0) is 5.53 Å². The topological polar surface area (TPSA) is 147 Å². The normalized spacial score (nSPS) is 18.9. The summed E-state index contributed by atoms with van der Waals surface area (Å²) < 4.78 is 0. The highest BCUT2D eigenvalue weighted by Gasteiger charge is 2.30. The van der Waals surface area contributed by atoms with Crippen LogP contribution in [0.4, 0.5) is 0 Å². The SMILES string of the molecule is [N-]=[N+]=N[C@@H](C=O)[C@H](O)[C@@H](O)[C@@H](O)CO. The van der Waals surface area contributed by atoms with E-state index in [4.69, 9.17) is 20.9 Å². The van der Waals surface area contributed by atoms with E-state index in [1.165, 1.54) is 0 Å². The van der Waals surface area contributed by atoms with Crippen LogP contribution in [-0.2, 0) is 4.79 Å². The number of aliphatic hydroxyl groups is 4. The van der Waals surface area contributed by atoms with Crippen molar-refractivity contribution in [1.82, 2.24) is 0 Å². The van der Waals surface area contributed by atoms with E-state index in [1.54, 1.807) is 0 Å². The molecular weight excluding hydrogens is 194 g/mol. The predicted molar refractivity (Wildman–Crippen MR) is 44.1 cm³/mol. The number of aliphatic hydroxyl groups excluding tert-OH is 4. The van der Waals surface area contributed by atoms with Gasteiger partial charge in [-0.3, -0.25) is 0 Å². The average Bonchev–Trinajstić information content (AvgIpc) is 2.22. The van der Waals surface area contributed by atoms with Gasteiger partial charge in [-0.15, -0.1) is 0 Å². The third-order valence-corrected chi connectivity index (χ3v) is 1.61. The molecular formula is C6H11N3O5. The Hall–Kier alpha value is -1.18. The molecule has 0 aliphatic carbocycles. The van der Waals surface area contributed by atoms with Crippen LogP contribution in [-0.4, -0.2) is 57.7 Å². The summed E-state index contributed by atoms with van der Waals surface area (Å²) in [7, 11) is 0. The summed E-state index contributed by atoms with van der Waals surface area (Å²) in [5.74, 6) is 0. The Morgan fingerprint density at radius 2 is 1.93 bits per heavy atom. The van der Waals surface area contributed by atoms with Crippen LogP contribution < -0.4 is 0 Å². The largest absolute Gasteiger partial charge is 0.394 e. The number of aldehydes is 1. The smallest absolute Gasteiger partial charge is 0.131 e. The van der Waals surface area contributed by atoms with E-state index in [2.05, 4.69) is 10.0 Å². The van der Waals surface area contributed by atoms with Crippen LogP contribution in [0.3, 0.4) is 0 Å². The highest BCUT2D eigenvalue weighted by Crippen LogP contribution is 2.06. The maximum atomic E-state index is 10.3. The average molecular weight is 205 g/mol. The zero-order chi connectivity index (χ0) is 11.1. The predicted octanol–water partition coefficient (Wildman–Crippen LogP) is -2.06. The second-order valence-electron chi connectivity index (χ2n) is 2.56. The summed E-state index contributed by atoms with van der Waals surface area (Å²) in [5, 5.41) is 38.5. The van der Waals surface area contributed by atoms with Crippen molar-refractivity contribution in [3.05, 3.63) is 10.4 Å². The number of hydrogen-bond acceptors (Lipinski definition) is 6. The van der Waals surface area contributed by atoms with E-state index < -0.39 is 31.0 Å².